The van der Waals surface area contributed by atoms with Crippen LogP contribution in [0.5, 0.6) is 0 Å². The molecule has 0 radical (unpaired) electrons. The predicted octanol–water partition coefficient (Wildman–Crippen LogP) is 2.30. The van der Waals surface area contributed by atoms with Crippen molar-refractivity contribution in [2.24, 2.45) is 0 Å². The first-order valence-electron chi connectivity index (χ1n) is 4.41. The van der Waals surface area contributed by atoms with Crippen molar-refractivity contribution < 1.29 is 0 Å². The van der Waals surface area contributed by atoms with E-state index in [1.807, 2.05) is 25.3 Å². The van der Waals surface area contributed by atoms with Gasteiger partial charge in [-0.15, -0.1) is 0 Å². The highest BCUT2D eigenvalue weighted by Crippen LogP contribution is 2.05. The number of aryl methyl sites for hydroxylation is 1. The van der Waals surface area contributed by atoms with Crippen LogP contribution in [-0.2, 0) is 6.54 Å². The van der Waals surface area contributed by atoms with Gasteiger partial charge >= 0.3 is 0 Å². The molecule has 2 aromatic heterocycles. The molecule has 0 saturated heterocycles. The van der Waals surface area contributed by atoms with E-state index in [1.54, 1.807) is 12.4 Å². The second-order valence-electron chi connectivity index (χ2n) is 3.18. The van der Waals surface area contributed by atoms with Crippen LogP contribution in [-0.4, -0.2) is 14.5 Å². The molecule has 4 heteroatoms. The number of pyridine rings is 1. The lowest BCUT2D eigenvalue weighted by atomic mass is 10.2. The Morgan fingerprint density at radius 2 is 2.14 bits per heavy atom. The standard InChI is InChI=1S/C10H11N3S/c1-8-6-12-10(14)13(8)7-9-2-4-11-5-3-9/h2-6H,7H2,1H3,(H,12,14). The van der Waals surface area contributed by atoms with Crippen LogP contribution in [0.15, 0.2) is 30.7 Å². The monoisotopic (exact) mass is 205 g/mol. The SMILES string of the molecule is Cc1c[nH]c(=S)n1Cc1ccncc1. The lowest BCUT2D eigenvalue weighted by molar-refractivity contribution is 0.757. The molecule has 0 aliphatic heterocycles. The van der Waals surface area contributed by atoms with Crippen LogP contribution < -0.4 is 0 Å². The molecule has 0 fully saturated rings. The Hall–Kier alpha value is -1.42. The van der Waals surface area contributed by atoms with Crippen molar-refractivity contribution in [1.29, 1.82) is 0 Å². The van der Waals surface area contributed by atoms with Gasteiger partial charge < -0.3 is 9.55 Å². The summed E-state index contributed by atoms with van der Waals surface area (Å²) in [5.74, 6) is 0. The third kappa shape index (κ3) is 1.75. The fourth-order valence-corrected chi connectivity index (χ4v) is 1.62. The van der Waals surface area contributed by atoms with Crippen LogP contribution in [0.4, 0.5) is 0 Å². The molecule has 0 aliphatic rings. The molecule has 2 aromatic rings. The van der Waals surface area contributed by atoms with Gasteiger partial charge in [0.2, 0.25) is 0 Å². The second-order valence-corrected chi connectivity index (χ2v) is 3.56. The van der Waals surface area contributed by atoms with Gasteiger partial charge in [-0.25, -0.2) is 0 Å². The van der Waals surface area contributed by atoms with Gasteiger partial charge in [0.05, 0.1) is 6.54 Å². The van der Waals surface area contributed by atoms with Crippen LogP contribution in [0.2, 0.25) is 0 Å². The minimum atomic E-state index is 0.763. The topological polar surface area (TPSA) is 33.6 Å². The zero-order valence-corrected chi connectivity index (χ0v) is 8.71. The van der Waals surface area contributed by atoms with Gasteiger partial charge in [0.25, 0.3) is 0 Å². The number of nitrogens with zero attached hydrogens (tertiary/aromatic N) is 2. The summed E-state index contributed by atoms with van der Waals surface area (Å²) in [5.41, 5.74) is 2.35. The molecule has 0 unspecified atom stereocenters. The largest absolute Gasteiger partial charge is 0.337 e. The highest BCUT2D eigenvalue weighted by molar-refractivity contribution is 7.71. The Morgan fingerprint density at radius 3 is 2.71 bits per heavy atom. The summed E-state index contributed by atoms with van der Waals surface area (Å²) < 4.78 is 2.82. The maximum absolute atomic E-state index is 5.16. The molecule has 0 aliphatic carbocycles. The minimum absolute atomic E-state index is 0.763. The van der Waals surface area contributed by atoms with E-state index in [0.717, 1.165) is 17.0 Å². The summed E-state index contributed by atoms with van der Waals surface area (Å²) in [5, 5.41) is 0. The number of rotatable bonds is 2. The van der Waals surface area contributed by atoms with Crippen LogP contribution in [0, 0.1) is 11.7 Å². The number of H-pyrrole nitrogens is 1. The average molecular weight is 205 g/mol. The minimum Gasteiger partial charge on any atom is -0.337 e. The Bertz CT molecular complexity index is 470. The summed E-state index contributed by atoms with van der Waals surface area (Å²) in [6, 6.07) is 3.99. The number of nitrogens with one attached hydrogen (secondary N) is 1. The highest BCUT2D eigenvalue weighted by atomic mass is 32.1. The Balaban J connectivity index is 2.32. The average Bonchev–Trinajstić information content (AvgIpc) is 2.51. The maximum atomic E-state index is 5.16. The fourth-order valence-electron chi connectivity index (χ4n) is 1.35. The van der Waals surface area contributed by atoms with Crippen molar-refractivity contribution in [2.75, 3.05) is 0 Å². The first kappa shape index (κ1) is 9.15. The van der Waals surface area contributed by atoms with Crippen molar-refractivity contribution in [2.45, 2.75) is 13.5 Å². The van der Waals surface area contributed by atoms with Crippen molar-refractivity contribution in [1.82, 2.24) is 14.5 Å². The van der Waals surface area contributed by atoms with Crippen LogP contribution in [0.3, 0.4) is 0 Å². The van der Waals surface area contributed by atoms with Crippen molar-refractivity contribution >= 4 is 12.2 Å². The molecule has 0 amide bonds. The van der Waals surface area contributed by atoms with Crippen molar-refractivity contribution in [3.63, 3.8) is 0 Å². The Morgan fingerprint density at radius 1 is 1.43 bits per heavy atom. The summed E-state index contributed by atoms with van der Waals surface area (Å²) in [6.07, 6.45) is 5.51. The van der Waals surface area contributed by atoms with E-state index in [2.05, 4.69) is 14.5 Å². The quantitative estimate of drug-likeness (QED) is 0.763. The molecule has 14 heavy (non-hydrogen) atoms. The number of imidazole rings is 1. The van der Waals surface area contributed by atoms with Crippen molar-refractivity contribution in [3.8, 4) is 0 Å². The number of aromatic nitrogens is 3. The Kier molecular flexibility index (Phi) is 2.45. The summed E-state index contributed by atoms with van der Waals surface area (Å²) in [4.78, 5) is 7.00. The maximum Gasteiger partial charge on any atom is 0.177 e. The number of hydrogen-bond donors (Lipinski definition) is 1. The second kappa shape index (κ2) is 3.75. The van der Waals surface area contributed by atoms with Crippen LogP contribution in [0.1, 0.15) is 11.3 Å². The molecular formula is C10H11N3S. The van der Waals surface area contributed by atoms with E-state index in [-0.39, 0.29) is 0 Å². The molecule has 0 atom stereocenters. The zero-order chi connectivity index (χ0) is 9.97. The fraction of sp³-hybridized carbons (Fsp3) is 0.200. The molecular weight excluding hydrogens is 194 g/mol. The Labute approximate surface area is 87.4 Å². The third-order valence-electron chi connectivity index (χ3n) is 2.17. The van der Waals surface area contributed by atoms with Gasteiger partial charge in [0.15, 0.2) is 4.77 Å². The molecule has 1 N–H and O–H groups in total. The zero-order valence-electron chi connectivity index (χ0n) is 7.90. The van der Waals surface area contributed by atoms with Crippen LogP contribution in [0.25, 0.3) is 0 Å². The first-order chi connectivity index (χ1) is 6.77. The van der Waals surface area contributed by atoms with E-state index in [1.165, 1.54) is 5.56 Å². The van der Waals surface area contributed by atoms with E-state index in [4.69, 9.17) is 12.2 Å². The highest BCUT2D eigenvalue weighted by Gasteiger charge is 1.99. The molecule has 0 bridgehead atoms. The first-order valence-corrected chi connectivity index (χ1v) is 4.82. The molecule has 3 nitrogen and oxygen atoms in total. The third-order valence-corrected chi connectivity index (χ3v) is 2.50. The summed E-state index contributed by atoms with van der Waals surface area (Å²) >= 11 is 5.16. The lowest BCUT2D eigenvalue weighted by Gasteiger charge is -2.04. The van der Waals surface area contributed by atoms with Gasteiger partial charge in [0, 0.05) is 24.3 Å². The van der Waals surface area contributed by atoms with Gasteiger partial charge in [-0.2, -0.15) is 0 Å². The van der Waals surface area contributed by atoms with Gasteiger partial charge in [-0.05, 0) is 36.8 Å². The molecule has 0 aromatic carbocycles. The molecule has 72 valence electrons. The van der Waals surface area contributed by atoms with Gasteiger partial charge in [-0.3, -0.25) is 4.98 Å². The van der Waals surface area contributed by atoms with Crippen LogP contribution >= 0.6 is 12.2 Å². The van der Waals surface area contributed by atoms with E-state index in [9.17, 15) is 0 Å². The molecule has 2 heterocycles. The molecule has 0 spiro atoms. The van der Waals surface area contributed by atoms with Gasteiger partial charge in [-0.1, -0.05) is 0 Å². The molecule has 2 rings (SSSR count). The van der Waals surface area contributed by atoms with Gasteiger partial charge in [0.1, 0.15) is 0 Å². The predicted molar refractivity (Wildman–Crippen MR) is 57.7 cm³/mol. The number of aromatic amines is 1. The lowest BCUT2D eigenvalue weighted by Crippen LogP contribution is -2.01. The smallest absolute Gasteiger partial charge is 0.177 e. The normalized spacial score (nSPS) is 10.4. The van der Waals surface area contributed by atoms with E-state index in [0.29, 0.717) is 0 Å². The molecule has 0 saturated carbocycles. The van der Waals surface area contributed by atoms with E-state index >= 15 is 0 Å². The summed E-state index contributed by atoms with van der Waals surface area (Å²) in [6.45, 7) is 2.84. The van der Waals surface area contributed by atoms with E-state index < -0.39 is 0 Å². The van der Waals surface area contributed by atoms with Crippen molar-refractivity contribution in [3.05, 3.63) is 46.8 Å². The number of hydrogen-bond acceptors (Lipinski definition) is 2. The summed E-state index contributed by atoms with van der Waals surface area (Å²) in [7, 11) is 0.